The van der Waals surface area contributed by atoms with E-state index in [4.69, 9.17) is 0 Å². The van der Waals surface area contributed by atoms with Crippen LogP contribution in [0.2, 0.25) is 0 Å². The van der Waals surface area contributed by atoms with Gasteiger partial charge in [-0.05, 0) is 24.3 Å². The lowest BCUT2D eigenvalue weighted by molar-refractivity contribution is -0.141. The van der Waals surface area contributed by atoms with Gasteiger partial charge in [0, 0.05) is 29.0 Å². The highest BCUT2D eigenvalue weighted by atomic mass is 32.2. The number of urea groups is 1. The maximum absolute atomic E-state index is 12.8. The van der Waals surface area contributed by atoms with Gasteiger partial charge in [-0.25, -0.2) is 9.59 Å². The number of rotatable bonds is 4. The van der Waals surface area contributed by atoms with Gasteiger partial charge in [0.25, 0.3) is 0 Å². The summed E-state index contributed by atoms with van der Waals surface area (Å²) in [5, 5.41) is 11.3. The molecule has 2 fully saturated rings. The lowest BCUT2D eigenvalue weighted by Gasteiger charge is -2.36. The molecule has 1 aliphatic heterocycles. The molecule has 1 atom stereocenters. The third-order valence-corrected chi connectivity index (χ3v) is 5.68. The highest BCUT2D eigenvalue weighted by molar-refractivity contribution is 7.99. The van der Waals surface area contributed by atoms with Crippen LogP contribution in [-0.4, -0.2) is 57.0 Å². The Kier molecular flexibility index (Phi) is 4.40. The van der Waals surface area contributed by atoms with Gasteiger partial charge in [-0.3, -0.25) is 0 Å². The Morgan fingerprint density at radius 1 is 1.43 bits per heavy atom. The van der Waals surface area contributed by atoms with Crippen LogP contribution < -0.4 is 0 Å². The SMILES string of the molecule is O=C(O)C1CSCCN1C(=O)N(Cc1cccs1)C1CC1. The summed E-state index contributed by atoms with van der Waals surface area (Å²) in [6, 6.07) is 3.48. The van der Waals surface area contributed by atoms with Crippen molar-refractivity contribution < 1.29 is 14.7 Å². The summed E-state index contributed by atoms with van der Waals surface area (Å²) in [6.45, 7) is 1.12. The average molecular weight is 326 g/mol. The summed E-state index contributed by atoms with van der Waals surface area (Å²) >= 11 is 3.24. The van der Waals surface area contributed by atoms with Gasteiger partial charge < -0.3 is 14.9 Å². The number of carbonyl (C=O) groups is 2. The number of aliphatic carboxylic acids is 1. The van der Waals surface area contributed by atoms with E-state index in [-0.39, 0.29) is 12.1 Å². The predicted molar refractivity (Wildman–Crippen MR) is 83.7 cm³/mol. The van der Waals surface area contributed by atoms with Crippen LogP contribution in [0.3, 0.4) is 0 Å². The zero-order valence-electron chi connectivity index (χ0n) is 11.6. The minimum atomic E-state index is -0.901. The van der Waals surface area contributed by atoms with E-state index in [0.29, 0.717) is 18.8 Å². The molecular formula is C14H18N2O3S2. The molecule has 1 aromatic heterocycles. The largest absolute Gasteiger partial charge is 0.480 e. The fraction of sp³-hybridized carbons (Fsp3) is 0.571. The third-order valence-electron chi connectivity index (χ3n) is 3.80. The van der Waals surface area contributed by atoms with E-state index in [1.807, 2.05) is 22.4 Å². The minimum absolute atomic E-state index is 0.112. The molecule has 2 aliphatic rings. The number of carboxylic acids is 1. The molecule has 0 bridgehead atoms. The Bertz CT molecular complexity index is 516. The van der Waals surface area contributed by atoms with E-state index in [9.17, 15) is 14.7 Å². The lowest BCUT2D eigenvalue weighted by Crippen LogP contribution is -2.55. The third kappa shape index (κ3) is 3.35. The fourth-order valence-electron chi connectivity index (χ4n) is 2.51. The van der Waals surface area contributed by atoms with Gasteiger partial charge in [0.1, 0.15) is 6.04 Å². The Balaban J connectivity index is 1.75. The molecule has 0 aromatic carbocycles. The highest BCUT2D eigenvalue weighted by Gasteiger charge is 2.40. The van der Waals surface area contributed by atoms with Crippen molar-refractivity contribution in [3.05, 3.63) is 22.4 Å². The standard InChI is InChI=1S/C14H18N2O3S2/c17-13(18)12-9-20-7-5-15(12)14(19)16(10-3-4-10)8-11-2-1-6-21-11/h1-2,6,10,12H,3-5,7-9H2,(H,17,18). The second-order valence-electron chi connectivity index (χ2n) is 5.34. The zero-order chi connectivity index (χ0) is 14.8. The maximum Gasteiger partial charge on any atom is 0.327 e. The van der Waals surface area contributed by atoms with Crippen LogP contribution in [0.4, 0.5) is 4.79 Å². The highest BCUT2D eigenvalue weighted by Crippen LogP contribution is 2.31. The van der Waals surface area contributed by atoms with Crippen molar-refractivity contribution >= 4 is 35.1 Å². The normalized spacial score (nSPS) is 22.1. The summed E-state index contributed by atoms with van der Waals surface area (Å²) in [4.78, 5) is 28.7. The molecule has 5 nitrogen and oxygen atoms in total. The second kappa shape index (κ2) is 6.27. The molecule has 0 spiro atoms. The molecular weight excluding hydrogens is 308 g/mol. The van der Waals surface area contributed by atoms with Gasteiger partial charge in [-0.2, -0.15) is 11.8 Å². The summed E-state index contributed by atoms with van der Waals surface area (Å²) in [5.41, 5.74) is 0. The number of thiophene rings is 1. The van der Waals surface area contributed by atoms with Crippen molar-refractivity contribution in [2.24, 2.45) is 0 Å². The van der Waals surface area contributed by atoms with Crippen molar-refractivity contribution in [1.29, 1.82) is 0 Å². The number of thioether (sulfide) groups is 1. The molecule has 1 saturated carbocycles. The van der Waals surface area contributed by atoms with E-state index < -0.39 is 12.0 Å². The van der Waals surface area contributed by atoms with Crippen LogP contribution >= 0.6 is 23.1 Å². The van der Waals surface area contributed by atoms with Crippen molar-refractivity contribution in [2.45, 2.75) is 31.5 Å². The maximum atomic E-state index is 12.8. The van der Waals surface area contributed by atoms with Crippen molar-refractivity contribution in [1.82, 2.24) is 9.80 Å². The van der Waals surface area contributed by atoms with Gasteiger partial charge in [0.05, 0.1) is 6.54 Å². The number of carbonyl (C=O) groups excluding carboxylic acids is 1. The average Bonchev–Trinajstić information content (AvgIpc) is 3.20. The molecule has 1 N–H and O–H groups in total. The van der Waals surface area contributed by atoms with Gasteiger partial charge in [-0.1, -0.05) is 6.07 Å². The van der Waals surface area contributed by atoms with Crippen LogP contribution in [0.25, 0.3) is 0 Å². The molecule has 114 valence electrons. The lowest BCUT2D eigenvalue weighted by atomic mass is 10.2. The molecule has 3 rings (SSSR count). The van der Waals surface area contributed by atoms with Crippen LogP contribution in [0.15, 0.2) is 17.5 Å². The molecule has 7 heteroatoms. The zero-order valence-corrected chi connectivity index (χ0v) is 13.2. The molecule has 2 heterocycles. The molecule has 1 saturated heterocycles. The summed E-state index contributed by atoms with van der Waals surface area (Å²) in [6.07, 6.45) is 2.05. The second-order valence-corrected chi connectivity index (χ2v) is 7.53. The van der Waals surface area contributed by atoms with Crippen molar-refractivity contribution in [2.75, 3.05) is 18.1 Å². The van der Waals surface area contributed by atoms with Gasteiger partial charge >= 0.3 is 12.0 Å². The first-order valence-electron chi connectivity index (χ1n) is 7.07. The van der Waals surface area contributed by atoms with Crippen molar-refractivity contribution in [3.63, 3.8) is 0 Å². The molecule has 2 amide bonds. The van der Waals surface area contributed by atoms with Crippen LogP contribution in [0.5, 0.6) is 0 Å². The summed E-state index contributed by atoms with van der Waals surface area (Å²) in [5.74, 6) is 0.397. The Hall–Kier alpha value is -1.21. The predicted octanol–water partition coefficient (Wildman–Crippen LogP) is 2.33. The smallest absolute Gasteiger partial charge is 0.327 e. The van der Waals surface area contributed by atoms with E-state index >= 15 is 0 Å². The topological polar surface area (TPSA) is 60.9 Å². The monoisotopic (exact) mass is 326 g/mol. The van der Waals surface area contributed by atoms with E-state index in [1.54, 1.807) is 28.0 Å². The van der Waals surface area contributed by atoms with Gasteiger partial charge in [0.2, 0.25) is 0 Å². The number of nitrogens with zero attached hydrogens (tertiary/aromatic N) is 2. The summed E-state index contributed by atoms with van der Waals surface area (Å²) < 4.78 is 0. The quantitative estimate of drug-likeness (QED) is 0.922. The van der Waals surface area contributed by atoms with Crippen molar-refractivity contribution in [3.8, 4) is 0 Å². The molecule has 1 aliphatic carbocycles. The Labute approximate surface area is 131 Å². The number of carboxylic acid groups (broad SMARTS) is 1. The molecule has 1 aromatic rings. The van der Waals surface area contributed by atoms with Crippen LogP contribution in [-0.2, 0) is 11.3 Å². The van der Waals surface area contributed by atoms with E-state index in [0.717, 1.165) is 23.5 Å². The first kappa shape index (κ1) is 14.7. The molecule has 1 unspecified atom stereocenters. The fourth-order valence-corrected chi connectivity index (χ4v) is 4.25. The molecule has 0 radical (unpaired) electrons. The molecule has 21 heavy (non-hydrogen) atoms. The van der Waals surface area contributed by atoms with Crippen LogP contribution in [0, 0.1) is 0 Å². The number of hydrogen-bond acceptors (Lipinski definition) is 4. The van der Waals surface area contributed by atoms with Gasteiger partial charge in [0.15, 0.2) is 0 Å². The van der Waals surface area contributed by atoms with Crippen LogP contribution in [0.1, 0.15) is 17.7 Å². The minimum Gasteiger partial charge on any atom is -0.480 e. The van der Waals surface area contributed by atoms with E-state index in [2.05, 4.69) is 0 Å². The van der Waals surface area contributed by atoms with E-state index in [1.165, 1.54) is 0 Å². The summed E-state index contributed by atoms with van der Waals surface area (Å²) in [7, 11) is 0. The Morgan fingerprint density at radius 3 is 2.86 bits per heavy atom. The first-order chi connectivity index (χ1) is 10.2. The van der Waals surface area contributed by atoms with Gasteiger partial charge in [-0.15, -0.1) is 11.3 Å². The number of hydrogen-bond donors (Lipinski definition) is 1. The number of amides is 2. The first-order valence-corrected chi connectivity index (χ1v) is 9.10. The Morgan fingerprint density at radius 2 is 2.24 bits per heavy atom.